The molecule has 0 saturated heterocycles. The average molecular weight is 283 g/mol. The molecule has 17 heavy (non-hydrogen) atoms. The largest absolute Gasteiger partial charge is 0.446 e. The van der Waals surface area contributed by atoms with Crippen LogP contribution in [0.5, 0.6) is 0 Å². The van der Waals surface area contributed by atoms with E-state index in [-0.39, 0.29) is 40.3 Å². The number of alkyl halides is 4. The molecule has 0 N–H and O–H groups in total. The van der Waals surface area contributed by atoms with Gasteiger partial charge in [0.15, 0.2) is 5.78 Å². The van der Waals surface area contributed by atoms with Crippen molar-refractivity contribution in [2.75, 3.05) is 0 Å². The first-order valence-electron chi connectivity index (χ1n) is 4.84. The van der Waals surface area contributed by atoms with Crippen LogP contribution in [0, 0.1) is 0 Å². The Labute approximate surface area is 106 Å². The summed E-state index contributed by atoms with van der Waals surface area (Å²) in [6.45, 7) is 1.66. The lowest BCUT2D eigenvalue weighted by Crippen LogP contribution is -2.02. The molecule has 0 unspecified atom stereocenters. The highest BCUT2D eigenvalue weighted by atomic mass is 35.5. The van der Waals surface area contributed by atoms with Crippen molar-refractivity contribution in [3.8, 4) is 0 Å². The van der Waals surface area contributed by atoms with Gasteiger partial charge in [0.05, 0.1) is 0 Å². The molecule has 1 nitrogen and oxygen atoms in total. The number of ketones is 1. The number of rotatable bonds is 4. The minimum Gasteiger partial charge on any atom is -0.294 e. The van der Waals surface area contributed by atoms with Crippen LogP contribution in [0.25, 0.3) is 0 Å². The molecule has 1 aromatic carbocycles. The predicted molar refractivity (Wildman–Crippen MR) is 62.5 cm³/mol. The fourth-order valence-electron chi connectivity index (χ4n) is 1.30. The van der Waals surface area contributed by atoms with E-state index in [2.05, 4.69) is 0 Å². The predicted octanol–water partition coefficient (Wildman–Crippen LogP) is 4.63. The van der Waals surface area contributed by atoms with Crippen molar-refractivity contribution in [3.05, 3.63) is 29.3 Å². The number of halogens is 4. The monoisotopic (exact) mass is 282 g/mol. The number of benzene rings is 1. The van der Waals surface area contributed by atoms with Crippen LogP contribution in [0.3, 0.4) is 0 Å². The van der Waals surface area contributed by atoms with Gasteiger partial charge in [-0.3, -0.25) is 4.79 Å². The summed E-state index contributed by atoms with van der Waals surface area (Å²) in [5.41, 5.74) is -3.58. The molecule has 6 heteroatoms. The fourth-order valence-corrected chi connectivity index (χ4v) is 2.11. The summed E-state index contributed by atoms with van der Waals surface area (Å²) in [6, 6.07) is 4.12. The van der Waals surface area contributed by atoms with Crippen LogP contribution in [0.1, 0.15) is 29.3 Å². The molecular formula is C11H10ClF3OS. The molecule has 0 bridgehead atoms. The molecule has 0 saturated carbocycles. The Bertz CT molecular complexity index is 418. The van der Waals surface area contributed by atoms with E-state index in [1.165, 1.54) is 18.2 Å². The summed E-state index contributed by atoms with van der Waals surface area (Å²) in [5.74, 6) is -0.114. The first kappa shape index (κ1) is 14.4. The second-order valence-electron chi connectivity index (χ2n) is 3.32. The highest BCUT2D eigenvalue weighted by Crippen LogP contribution is 2.37. The number of thioether (sulfide) groups is 1. The Kier molecular flexibility index (Phi) is 4.89. The molecule has 0 aliphatic rings. The number of carbonyl (C=O) groups is 1. The zero-order valence-electron chi connectivity index (χ0n) is 8.97. The SMILES string of the molecule is CCC(=O)c1cc(CCl)cc(SC(F)(F)F)c1. The minimum atomic E-state index is -4.36. The summed E-state index contributed by atoms with van der Waals surface area (Å²) >= 11 is 5.35. The molecule has 1 aromatic rings. The van der Waals surface area contributed by atoms with Gasteiger partial charge in [0.1, 0.15) is 0 Å². The smallest absolute Gasteiger partial charge is 0.294 e. The lowest BCUT2D eigenvalue weighted by molar-refractivity contribution is -0.0328. The third kappa shape index (κ3) is 4.60. The second kappa shape index (κ2) is 5.78. The highest BCUT2D eigenvalue weighted by molar-refractivity contribution is 8.00. The fraction of sp³-hybridized carbons (Fsp3) is 0.364. The van der Waals surface area contributed by atoms with Crippen LogP contribution in [-0.2, 0) is 5.88 Å². The summed E-state index contributed by atoms with van der Waals surface area (Å²) in [7, 11) is 0. The van der Waals surface area contributed by atoms with Gasteiger partial charge in [-0.25, -0.2) is 0 Å². The van der Waals surface area contributed by atoms with E-state index in [1.807, 2.05) is 0 Å². The van der Waals surface area contributed by atoms with Crippen LogP contribution < -0.4 is 0 Å². The Balaban J connectivity index is 3.09. The van der Waals surface area contributed by atoms with Gasteiger partial charge in [-0.05, 0) is 35.5 Å². The first-order valence-corrected chi connectivity index (χ1v) is 6.19. The number of Topliss-reactive ketones (excluding diaryl/α,β-unsaturated/α-hetero) is 1. The topological polar surface area (TPSA) is 17.1 Å². The summed E-state index contributed by atoms with van der Waals surface area (Å²) in [6.07, 6.45) is 0.252. The number of carbonyl (C=O) groups excluding carboxylic acids is 1. The van der Waals surface area contributed by atoms with Crippen molar-refractivity contribution in [2.24, 2.45) is 0 Å². The normalized spacial score (nSPS) is 11.6. The van der Waals surface area contributed by atoms with Crippen LogP contribution in [0.15, 0.2) is 23.1 Å². The van der Waals surface area contributed by atoms with Crippen molar-refractivity contribution in [3.63, 3.8) is 0 Å². The van der Waals surface area contributed by atoms with Gasteiger partial charge in [0.25, 0.3) is 0 Å². The third-order valence-corrected chi connectivity index (χ3v) is 3.01. The third-order valence-electron chi connectivity index (χ3n) is 2.00. The Hall–Kier alpha value is -0.680. The zero-order chi connectivity index (χ0) is 13.1. The Morgan fingerprint density at radius 2 is 2.00 bits per heavy atom. The van der Waals surface area contributed by atoms with E-state index in [1.54, 1.807) is 6.92 Å². The summed E-state index contributed by atoms with van der Waals surface area (Å²) in [5, 5.41) is 0. The molecule has 0 aromatic heterocycles. The van der Waals surface area contributed by atoms with Crippen molar-refractivity contribution >= 4 is 29.1 Å². The summed E-state index contributed by atoms with van der Waals surface area (Å²) in [4.78, 5) is 11.5. The highest BCUT2D eigenvalue weighted by Gasteiger charge is 2.29. The molecule has 0 radical (unpaired) electrons. The number of hydrogen-bond donors (Lipinski definition) is 0. The van der Waals surface area contributed by atoms with Crippen LogP contribution in [0.2, 0.25) is 0 Å². The molecule has 0 atom stereocenters. The lowest BCUT2D eigenvalue weighted by atomic mass is 10.1. The van der Waals surface area contributed by atoms with E-state index in [0.29, 0.717) is 5.56 Å². The molecule has 1 rings (SSSR count). The maximum absolute atomic E-state index is 12.2. The number of hydrogen-bond acceptors (Lipinski definition) is 2. The quantitative estimate of drug-likeness (QED) is 0.455. The van der Waals surface area contributed by atoms with E-state index >= 15 is 0 Å². The molecule has 0 fully saturated rings. The van der Waals surface area contributed by atoms with Gasteiger partial charge in [0.2, 0.25) is 0 Å². The van der Waals surface area contributed by atoms with E-state index in [0.717, 1.165) is 0 Å². The van der Waals surface area contributed by atoms with Gasteiger partial charge >= 0.3 is 5.51 Å². The van der Waals surface area contributed by atoms with Gasteiger partial charge in [-0.2, -0.15) is 13.2 Å². The molecule has 0 spiro atoms. The molecule has 94 valence electrons. The van der Waals surface area contributed by atoms with Crippen LogP contribution in [-0.4, -0.2) is 11.3 Å². The first-order chi connectivity index (χ1) is 7.85. The molecule has 0 heterocycles. The van der Waals surface area contributed by atoms with Crippen molar-refractivity contribution in [1.29, 1.82) is 0 Å². The molecule has 0 amide bonds. The van der Waals surface area contributed by atoms with Gasteiger partial charge in [-0.15, -0.1) is 11.6 Å². The van der Waals surface area contributed by atoms with Crippen LogP contribution in [0.4, 0.5) is 13.2 Å². The van der Waals surface area contributed by atoms with E-state index < -0.39 is 5.51 Å². The molecule has 0 aliphatic carbocycles. The maximum Gasteiger partial charge on any atom is 0.446 e. The van der Waals surface area contributed by atoms with Crippen molar-refractivity contribution in [2.45, 2.75) is 29.6 Å². The van der Waals surface area contributed by atoms with Crippen molar-refractivity contribution < 1.29 is 18.0 Å². The average Bonchev–Trinajstić information content (AvgIpc) is 2.25. The standard InChI is InChI=1S/C11H10ClF3OS/c1-2-10(16)8-3-7(6-12)4-9(5-8)17-11(13,14)15/h3-5H,2,6H2,1H3. The minimum absolute atomic E-state index is 0.00699. The maximum atomic E-state index is 12.2. The Morgan fingerprint density at radius 1 is 1.35 bits per heavy atom. The lowest BCUT2D eigenvalue weighted by Gasteiger charge is -2.09. The van der Waals surface area contributed by atoms with Gasteiger partial charge in [-0.1, -0.05) is 6.92 Å². The zero-order valence-corrected chi connectivity index (χ0v) is 10.5. The molecule has 0 aliphatic heterocycles. The van der Waals surface area contributed by atoms with Gasteiger partial charge < -0.3 is 0 Å². The van der Waals surface area contributed by atoms with E-state index in [4.69, 9.17) is 11.6 Å². The van der Waals surface area contributed by atoms with Gasteiger partial charge in [0, 0.05) is 22.8 Å². The van der Waals surface area contributed by atoms with Crippen molar-refractivity contribution in [1.82, 2.24) is 0 Å². The summed E-state index contributed by atoms with van der Waals surface area (Å²) < 4.78 is 36.7. The molecular weight excluding hydrogens is 273 g/mol. The van der Waals surface area contributed by atoms with E-state index in [9.17, 15) is 18.0 Å². The Morgan fingerprint density at radius 3 is 2.47 bits per heavy atom. The van der Waals surface area contributed by atoms with Crippen LogP contribution >= 0.6 is 23.4 Å². The second-order valence-corrected chi connectivity index (χ2v) is 4.73.